The highest BCUT2D eigenvalue weighted by Crippen LogP contribution is 2.33. The van der Waals surface area contributed by atoms with E-state index in [2.05, 4.69) is 5.32 Å². The van der Waals surface area contributed by atoms with Crippen LogP contribution in [0.1, 0.15) is 43.1 Å². The maximum Gasteiger partial charge on any atom is 0.329 e. The van der Waals surface area contributed by atoms with Crippen LogP contribution in [0.5, 0.6) is 0 Å². The van der Waals surface area contributed by atoms with Gasteiger partial charge in [0.15, 0.2) is 0 Å². The molecule has 2 unspecified atom stereocenters. The number of aryl methyl sites for hydroxylation is 1. The van der Waals surface area contributed by atoms with Crippen molar-refractivity contribution in [1.82, 2.24) is 9.88 Å². The largest absolute Gasteiger partial charge is 0.480 e. The van der Waals surface area contributed by atoms with E-state index in [0.29, 0.717) is 23.6 Å². The molecule has 1 saturated carbocycles. The second kappa shape index (κ2) is 5.48. The predicted molar refractivity (Wildman–Crippen MR) is 75.9 cm³/mol. The first-order chi connectivity index (χ1) is 9.34. The number of carboxylic acids is 1. The molecule has 0 aromatic carbocycles. The molecule has 0 aliphatic heterocycles. The number of carbonyl (C=O) groups is 2. The van der Waals surface area contributed by atoms with E-state index in [9.17, 15) is 14.7 Å². The third-order valence-electron chi connectivity index (χ3n) is 3.96. The number of hydrogen-bond donors (Lipinski definition) is 2. The zero-order chi connectivity index (χ0) is 14.9. The topological polar surface area (TPSA) is 71.3 Å². The smallest absolute Gasteiger partial charge is 0.329 e. The molecule has 1 amide bonds. The Morgan fingerprint density at radius 1 is 1.55 bits per heavy atom. The quantitative estimate of drug-likeness (QED) is 0.900. The summed E-state index contributed by atoms with van der Waals surface area (Å²) in [6.07, 6.45) is 4.36. The lowest BCUT2D eigenvalue weighted by molar-refractivity contribution is -0.146. The minimum Gasteiger partial charge on any atom is -0.480 e. The van der Waals surface area contributed by atoms with Gasteiger partial charge >= 0.3 is 5.97 Å². The Morgan fingerprint density at radius 3 is 2.75 bits per heavy atom. The van der Waals surface area contributed by atoms with Gasteiger partial charge in [0.2, 0.25) is 0 Å². The summed E-state index contributed by atoms with van der Waals surface area (Å²) in [5.41, 5.74) is -0.792. The average Bonchev–Trinajstić information content (AvgIpc) is 2.68. The summed E-state index contributed by atoms with van der Waals surface area (Å²) in [6, 6.07) is 1.54. The first-order valence-electron chi connectivity index (χ1n) is 6.72. The Hall–Kier alpha value is -1.49. The fraction of sp³-hybridized carbons (Fsp3) is 0.571. The van der Waals surface area contributed by atoms with Crippen molar-refractivity contribution in [3.63, 3.8) is 0 Å². The molecular weight excluding hydrogens is 280 g/mol. The zero-order valence-corrected chi connectivity index (χ0v) is 12.4. The van der Waals surface area contributed by atoms with Gasteiger partial charge in [-0.1, -0.05) is 31.4 Å². The molecule has 0 bridgehead atoms. The summed E-state index contributed by atoms with van der Waals surface area (Å²) in [4.78, 5) is 23.9. The van der Waals surface area contributed by atoms with E-state index in [0.717, 1.165) is 12.8 Å². The second-order valence-corrected chi connectivity index (χ2v) is 6.13. The van der Waals surface area contributed by atoms with E-state index in [4.69, 9.17) is 11.6 Å². The van der Waals surface area contributed by atoms with Crippen LogP contribution >= 0.6 is 11.6 Å². The summed E-state index contributed by atoms with van der Waals surface area (Å²) < 4.78 is 1.60. The van der Waals surface area contributed by atoms with Crippen molar-refractivity contribution in [3.05, 3.63) is 23.0 Å². The molecule has 0 radical (unpaired) electrons. The van der Waals surface area contributed by atoms with Crippen molar-refractivity contribution in [2.45, 2.75) is 38.1 Å². The van der Waals surface area contributed by atoms with Gasteiger partial charge < -0.3 is 15.0 Å². The molecule has 0 saturated heterocycles. The SMILES string of the molecule is CC1CCCC(NC(=O)c2cc(Cl)cn2C)(C(=O)O)C1. The summed E-state index contributed by atoms with van der Waals surface area (Å²) in [6.45, 7) is 2.02. The molecule has 2 rings (SSSR count). The zero-order valence-electron chi connectivity index (χ0n) is 11.6. The van der Waals surface area contributed by atoms with Gasteiger partial charge in [-0.2, -0.15) is 0 Å². The monoisotopic (exact) mass is 298 g/mol. The van der Waals surface area contributed by atoms with E-state index in [-0.39, 0.29) is 5.92 Å². The van der Waals surface area contributed by atoms with E-state index in [1.54, 1.807) is 23.9 Å². The number of amides is 1. The first kappa shape index (κ1) is 14.9. The molecular formula is C14H19ClN2O3. The Labute approximate surface area is 122 Å². The molecule has 20 heavy (non-hydrogen) atoms. The van der Waals surface area contributed by atoms with E-state index >= 15 is 0 Å². The average molecular weight is 299 g/mol. The highest BCUT2D eigenvalue weighted by molar-refractivity contribution is 6.31. The van der Waals surface area contributed by atoms with Gasteiger partial charge in [-0.05, 0) is 24.8 Å². The third-order valence-corrected chi connectivity index (χ3v) is 4.17. The van der Waals surface area contributed by atoms with Crippen LogP contribution in [0.4, 0.5) is 0 Å². The minimum absolute atomic E-state index is 0.289. The van der Waals surface area contributed by atoms with Crippen molar-refractivity contribution < 1.29 is 14.7 Å². The van der Waals surface area contributed by atoms with Crippen LogP contribution in [0.25, 0.3) is 0 Å². The fourth-order valence-corrected chi connectivity index (χ4v) is 3.19. The number of halogens is 1. The Balaban J connectivity index is 2.22. The summed E-state index contributed by atoms with van der Waals surface area (Å²) >= 11 is 5.86. The lowest BCUT2D eigenvalue weighted by atomic mass is 9.76. The normalized spacial score (nSPS) is 26.2. The predicted octanol–water partition coefficient (Wildman–Crippen LogP) is 2.44. The van der Waals surface area contributed by atoms with Crippen LogP contribution in [0, 0.1) is 5.92 Å². The summed E-state index contributed by atoms with van der Waals surface area (Å²) in [7, 11) is 1.71. The van der Waals surface area contributed by atoms with Gasteiger partial charge in [0.1, 0.15) is 11.2 Å². The highest BCUT2D eigenvalue weighted by atomic mass is 35.5. The minimum atomic E-state index is -1.16. The van der Waals surface area contributed by atoms with Gasteiger partial charge in [-0.25, -0.2) is 4.79 Å². The van der Waals surface area contributed by atoms with Crippen LogP contribution in [0.3, 0.4) is 0 Å². The number of hydrogen-bond acceptors (Lipinski definition) is 2. The number of aromatic nitrogens is 1. The Morgan fingerprint density at radius 2 is 2.25 bits per heavy atom. The third kappa shape index (κ3) is 2.82. The molecule has 0 spiro atoms. The molecule has 1 aromatic rings. The summed E-state index contributed by atoms with van der Waals surface area (Å²) in [5.74, 6) is -1.06. The molecule has 2 atom stereocenters. The van der Waals surface area contributed by atoms with Crippen molar-refractivity contribution in [2.75, 3.05) is 0 Å². The lowest BCUT2D eigenvalue weighted by Crippen LogP contribution is -2.57. The van der Waals surface area contributed by atoms with Crippen LogP contribution in [-0.4, -0.2) is 27.1 Å². The van der Waals surface area contributed by atoms with Crippen LogP contribution in [0.2, 0.25) is 5.02 Å². The molecule has 5 nitrogen and oxygen atoms in total. The van der Waals surface area contributed by atoms with Crippen LogP contribution in [0.15, 0.2) is 12.3 Å². The molecule has 1 fully saturated rings. The van der Waals surface area contributed by atoms with Gasteiger partial charge in [0.25, 0.3) is 5.91 Å². The van der Waals surface area contributed by atoms with Crippen LogP contribution in [-0.2, 0) is 11.8 Å². The van der Waals surface area contributed by atoms with E-state index < -0.39 is 17.4 Å². The molecule has 6 heteroatoms. The number of aliphatic carboxylic acids is 1. The maximum atomic E-state index is 12.3. The number of carboxylic acid groups (broad SMARTS) is 1. The lowest BCUT2D eigenvalue weighted by Gasteiger charge is -2.37. The Bertz CT molecular complexity index is 541. The van der Waals surface area contributed by atoms with Crippen molar-refractivity contribution in [2.24, 2.45) is 13.0 Å². The molecule has 1 heterocycles. The number of nitrogens with zero attached hydrogens (tertiary/aromatic N) is 1. The number of nitrogens with one attached hydrogen (secondary N) is 1. The maximum absolute atomic E-state index is 12.3. The molecule has 2 N–H and O–H groups in total. The van der Waals surface area contributed by atoms with Gasteiger partial charge in [-0.15, -0.1) is 0 Å². The van der Waals surface area contributed by atoms with Crippen molar-refractivity contribution in [3.8, 4) is 0 Å². The fourth-order valence-electron chi connectivity index (χ4n) is 2.94. The van der Waals surface area contributed by atoms with Gasteiger partial charge in [0.05, 0.1) is 5.02 Å². The number of carbonyl (C=O) groups excluding carboxylic acids is 1. The van der Waals surface area contributed by atoms with E-state index in [1.807, 2.05) is 6.92 Å². The first-order valence-corrected chi connectivity index (χ1v) is 7.09. The van der Waals surface area contributed by atoms with Gasteiger partial charge in [0, 0.05) is 13.2 Å². The molecule has 1 aromatic heterocycles. The standard InChI is InChI=1S/C14H19ClN2O3/c1-9-4-3-5-14(7-9,13(19)20)16-12(18)11-6-10(15)8-17(11)2/h6,8-9H,3-5,7H2,1-2H3,(H,16,18)(H,19,20). The summed E-state index contributed by atoms with van der Waals surface area (Å²) in [5, 5.41) is 12.7. The highest BCUT2D eigenvalue weighted by Gasteiger charge is 2.43. The molecule has 110 valence electrons. The second-order valence-electron chi connectivity index (χ2n) is 5.70. The Kier molecular flexibility index (Phi) is 4.09. The molecule has 1 aliphatic rings. The van der Waals surface area contributed by atoms with Crippen molar-refractivity contribution >= 4 is 23.5 Å². The number of rotatable bonds is 3. The van der Waals surface area contributed by atoms with E-state index in [1.165, 1.54) is 0 Å². The molecule has 1 aliphatic carbocycles. The van der Waals surface area contributed by atoms with Crippen LogP contribution < -0.4 is 5.32 Å². The van der Waals surface area contributed by atoms with Gasteiger partial charge in [-0.3, -0.25) is 4.79 Å². The van der Waals surface area contributed by atoms with Crippen molar-refractivity contribution in [1.29, 1.82) is 0 Å².